The zero-order chi connectivity index (χ0) is 16.7. The van der Waals surface area contributed by atoms with E-state index in [-0.39, 0.29) is 42.6 Å². The summed E-state index contributed by atoms with van der Waals surface area (Å²) in [6, 6.07) is 8.42. The molecule has 7 heteroatoms. The van der Waals surface area contributed by atoms with Crippen LogP contribution in [0, 0.1) is 24.6 Å². The van der Waals surface area contributed by atoms with Crippen molar-refractivity contribution in [2.75, 3.05) is 19.6 Å². The number of benzene rings is 1. The number of carbonyl (C=O) groups excluding carboxylic acids is 1. The number of rotatable bonds is 2. The Hall–Kier alpha value is -1.69. The quantitative estimate of drug-likeness (QED) is 0.844. The number of aryl methyl sites for hydroxylation is 1. The molecule has 0 unspecified atom stereocenters. The fraction of sp³-hybridized carbons (Fsp3) is 0.368. The van der Waals surface area contributed by atoms with E-state index in [1.807, 2.05) is 24.0 Å². The molecule has 0 bridgehead atoms. The Labute approximate surface area is 165 Å². The van der Waals surface area contributed by atoms with Gasteiger partial charge in [-0.25, -0.2) is 4.39 Å². The van der Waals surface area contributed by atoms with Gasteiger partial charge in [-0.05, 0) is 42.2 Å². The average Bonchev–Trinajstić information content (AvgIpc) is 3.14. The molecule has 2 aliphatic rings. The highest BCUT2D eigenvalue weighted by atomic mass is 35.5. The number of likely N-dealkylation sites (tertiary alicyclic amines) is 1. The van der Waals surface area contributed by atoms with Crippen molar-refractivity contribution in [3.63, 3.8) is 0 Å². The van der Waals surface area contributed by atoms with Gasteiger partial charge in [0.1, 0.15) is 5.82 Å². The summed E-state index contributed by atoms with van der Waals surface area (Å²) in [5, 5.41) is 3.40. The minimum Gasteiger partial charge on any atom is -0.331 e. The van der Waals surface area contributed by atoms with E-state index in [0.29, 0.717) is 23.9 Å². The lowest BCUT2D eigenvalue weighted by molar-refractivity contribution is 0.0713. The van der Waals surface area contributed by atoms with Crippen molar-refractivity contribution >= 4 is 30.7 Å². The lowest BCUT2D eigenvalue weighted by Gasteiger charge is -2.28. The third-order valence-electron chi connectivity index (χ3n) is 5.14. The van der Waals surface area contributed by atoms with Gasteiger partial charge in [0.15, 0.2) is 0 Å². The number of pyridine rings is 1. The highest BCUT2D eigenvalue weighted by molar-refractivity contribution is 5.94. The van der Waals surface area contributed by atoms with Crippen molar-refractivity contribution in [2.24, 2.45) is 11.8 Å². The Bertz CT molecular complexity index is 789. The van der Waals surface area contributed by atoms with E-state index in [1.54, 1.807) is 24.5 Å². The van der Waals surface area contributed by atoms with Gasteiger partial charge < -0.3 is 10.2 Å². The maximum absolute atomic E-state index is 13.7. The molecule has 1 amide bonds. The van der Waals surface area contributed by atoms with Crippen LogP contribution in [0.2, 0.25) is 0 Å². The average molecular weight is 398 g/mol. The van der Waals surface area contributed by atoms with Crippen LogP contribution < -0.4 is 5.32 Å². The molecular weight excluding hydrogens is 376 g/mol. The zero-order valence-corrected chi connectivity index (χ0v) is 16.0. The molecule has 2 aromatic rings. The lowest BCUT2D eigenvalue weighted by atomic mass is 9.89. The Morgan fingerprint density at radius 3 is 2.77 bits per heavy atom. The highest BCUT2D eigenvalue weighted by Gasteiger charge is 2.46. The Morgan fingerprint density at radius 1 is 1.23 bits per heavy atom. The molecule has 140 valence electrons. The summed E-state index contributed by atoms with van der Waals surface area (Å²) in [4.78, 5) is 19.1. The normalized spacial score (nSPS) is 23.8. The smallest absolute Gasteiger partial charge is 0.255 e. The molecule has 0 radical (unpaired) electrons. The van der Waals surface area contributed by atoms with Gasteiger partial charge in [0, 0.05) is 37.9 Å². The number of carbonyl (C=O) groups is 1. The number of halogens is 3. The fourth-order valence-electron chi connectivity index (χ4n) is 4.08. The molecule has 1 N–H and O–H groups in total. The fourth-order valence-corrected chi connectivity index (χ4v) is 4.08. The summed E-state index contributed by atoms with van der Waals surface area (Å²) >= 11 is 0. The molecule has 4 rings (SSSR count). The molecule has 0 aliphatic carbocycles. The van der Waals surface area contributed by atoms with Gasteiger partial charge in [0.2, 0.25) is 0 Å². The second-order valence-electron chi connectivity index (χ2n) is 6.79. The van der Waals surface area contributed by atoms with Crippen LogP contribution >= 0.6 is 24.8 Å². The van der Waals surface area contributed by atoms with Gasteiger partial charge in [0.25, 0.3) is 5.91 Å². The predicted molar refractivity (Wildman–Crippen MR) is 103 cm³/mol. The maximum Gasteiger partial charge on any atom is 0.255 e. The minimum absolute atomic E-state index is 0. The highest BCUT2D eigenvalue weighted by Crippen LogP contribution is 2.43. The second kappa shape index (κ2) is 8.33. The summed E-state index contributed by atoms with van der Waals surface area (Å²) in [7, 11) is 0. The maximum atomic E-state index is 13.7. The first-order valence-electron chi connectivity index (χ1n) is 8.32. The molecule has 1 aromatic carbocycles. The summed E-state index contributed by atoms with van der Waals surface area (Å²) in [6.07, 6.45) is 3.35. The summed E-state index contributed by atoms with van der Waals surface area (Å²) in [5.74, 6) is 0.467. The van der Waals surface area contributed by atoms with Crippen LogP contribution in [0.25, 0.3) is 0 Å². The van der Waals surface area contributed by atoms with E-state index < -0.39 is 0 Å². The summed E-state index contributed by atoms with van der Waals surface area (Å²) < 4.78 is 13.7. The van der Waals surface area contributed by atoms with Crippen molar-refractivity contribution in [2.45, 2.75) is 13.0 Å². The molecule has 2 saturated heterocycles. The SMILES string of the molecule is Cc1cncc(C(=O)N2C[C@@H]3CNC[C@@H]3[C@H]2c2cccc(F)c2)c1.Cl.Cl. The minimum atomic E-state index is -0.258. The molecular formula is C19H22Cl2FN3O. The molecule has 26 heavy (non-hydrogen) atoms. The summed E-state index contributed by atoms with van der Waals surface area (Å²) in [5.41, 5.74) is 2.44. The Morgan fingerprint density at radius 2 is 2.04 bits per heavy atom. The van der Waals surface area contributed by atoms with Crippen molar-refractivity contribution in [3.8, 4) is 0 Å². The van der Waals surface area contributed by atoms with Crippen LogP contribution in [0.3, 0.4) is 0 Å². The van der Waals surface area contributed by atoms with Gasteiger partial charge in [-0.1, -0.05) is 12.1 Å². The first-order valence-corrected chi connectivity index (χ1v) is 8.32. The Balaban J connectivity index is 0.00000121. The predicted octanol–water partition coefficient (Wildman–Crippen LogP) is 3.41. The first-order chi connectivity index (χ1) is 11.6. The zero-order valence-electron chi connectivity index (χ0n) is 14.4. The molecule has 0 spiro atoms. The molecule has 3 heterocycles. The van der Waals surface area contributed by atoms with E-state index in [9.17, 15) is 9.18 Å². The molecule has 4 nitrogen and oxygen atoms in total. The lowest BCUT2D eigenvalue weighted by Crippen LogP contribution is -2.34. The standard InChI is InChI=1S/C19H20FN3O.2ClH/c1-12-5-14(8-21-7-12)19(24)23-11-15-9-22-10-17(15)18(23)13-3-2-4-16(20)6-13;;/h2-8,15,17-18,22H,9-11H2,1H3;2*1H/t15-,17-,18+;;/m0../s1. The van der Waals surface area contributed by atoms with Crippen LogP contribution in [0.4, 0.5) is 4.39 Å². The number of nitrogens with one attached hydrogen (secondary N) is 1. The van der Waals surface area contributed by atoms with Crippen molar-refractivity contribution in [3.05, 3.63) is 65.2 Å². The first kappa shape index (κ1) is 20.6. The van der Waals surface area contributed by atoms with E-state index in [4.69, 9.17) is 0 Å². The molecule has 1 aromatic heterocycles. The molecule has 0 saturated carbocycles. The Kier molecular flexibility index (Phi) is 6.61. The van der Waals surface area contributed by atoms with Crippen molar-refractivity contribution in [1.82, 2.24) is 15.2 Å². The number of hydrogen-bond donors (Lipinski definition) is 1. The van der Waals surface area contributed by atoms with Crippen molar-refractivity contribution in [1.29, 1.82) is 0 Å². The number of aromatic nitrogens is 1. The van der Waals surface area contributed by atoms with E-state index in [1.165, 1.54) is 6.07 Å². The number of nitrogens with zero attached hydrogens (tertiary/aromatic N) is 2. The molecule has 3 atom stereocenters. The number of amides is 1. The van der Waals surface area contributed by atoms with Crippen LogP contribution in [-0.4, -0.2) is 35.4 Å². The van der Waals surface area contributed by atoms with Crippen LogP contribution in [0.5, 0.6) is 0 Å². The topological polar surface area (TPSA) is 45.2 Å². The van der Waals surface area contributed by atoms with E-state index >= 15 is 0 Å². The summed E-state index contributed by atoms with van der Waals surface area (Å²) in [6.45, 7) is 4.40. The van der Waals surface area contributed by atoms with Crippen molar-refractivity contribution < 1.29 is 9.18 Å². The van der Waals surface area contributed by atoms with Crippen LogP contribution in [0.1, 0.15) is 27.5 Å². The monoisotopic (exact) mass is 397 g/mol. The molecule has 2 fully saturated rings. The number of hydrogen-bond acceptors (Lipinski definition) is 3. The van der Waals surface area contributed by atoms with E-state index in [0.717, 1.165) is 24.2 Å². The third kappa shape index (κ3) is 3.70. The van der Waals surface area contributed by atoms with Gasteiger partial charge in [-0.2, -0.15) is 0 Å². The molecule has 2 aliphatic heterocycles. The van der Waals surface area contributed by atoms with Gasteiger partial charge in [-0.15, -0.1) is 24.8 Å². The number of fused-ring (bicyclic) bond motifs is 1. The van der Waals surface area contributed by atoms with Gasteiger partial charge in [0.05, 0.1) is 11.6 Å². The third-order valence-corrected chi connectivity index (χ3v) is 5.14. The van der Waals surface area contributed by atoms with Crippen LogP contribution in [-0.2, 0) is 0 Å². The van der Waals surface area contributed by atoms with Gasteiger partial charge >= 0.3 is 0 Å². The van der Waals surface area contributed by atoms with Gasteiger partial charge in [-0.3, -0.25) is 9.78 Å². The second-order valence-corrected chi connectivity index (χ2v) is 6.79. The van der Waals surface area contributed by atoms with Crippen LogP contribution in [0.15, 0.2) is 42.7 Å². The van der Waals surface area contributed by atoms with E-state index in [2.05, 4.69) is 10.3 Å². The largest absolute Gasteiger partial charge is 0.331 e.